The van der Waals surface area contributed by atoms with E-state index >= 15 is 0 Å². The van der Waals surface area contributed by atoms with Crippen molar-refractivity contribution < 1.29 is 9.53 Å². The van der Waals surface area contributed by atoms with Crippen molar-refractivity contribution >= 4 is 6.03 Å². The van der Waals surface area contributed by atoms with Gasteiger partial charge in [0.15, 0.2) is 0 Å². The van der Waals surface area contributed by atoms with Gasteiger partial charge in [0, 0.05) is 38.9 Å². The molecule has 1 aliphatic heterocycles. The van der Waals surface area contributed by atoms with Crippen molar-refractivity contribution in [2.45, 2.75) is 19.4 Å². The molecule has 1 aromatic heterocycles. The Kier molecular flexibility index (Phi) is 7.04. The lowest BCUT2D eigenvalue weighted by atomic mass is 10.1. The highest BCUT2D eigenvalue weighted by Gasteiger charge is 2.23. The van der Waals surface area contributed by atoms with Crippen LogP contribution in [0.5, 0.6) is 5.75 Å². The van der Waals surface area contributed by atoms with Crippen molar-refractivity contribution in [1.29, 1.82) is 0 Å². The Balaban J connectivity index is 1.40. The Morgan fingerprint density at radius 3 is 2.52 bits per heavy atom. The van der Waals surface area contributed by atoms with Crippen molar-refractivity contribution in [3.05, 3.63) is 60.4 Å². The number of rotatable bonds is 7. The van der Waals surface area contributed by atoms with Crippen LogP contribution in [0, 0.1) is 0 Å². The number of amides is 2. The second-order valence-corrected chi connectivity index (χ2v) is 6.66. The molecule has 0 radical (unpaired) electrons. The Labute approximate surface area is 161 Å². The van der Waals surface area contributed by atoms with Gasteiger partial charge in [0.2, 0.25) is 0 Å². The molecule has 27 heavy (non-hydrogen) atoms. The van der Waals surface area contributed by atoms with Crippen LogP contribution in [-0.2, 0) is 0 Å². The van der Waals surface area contributed by atoms with Gasteiger partial charge in [-0.05, 0) is 30.7 Å². The number of pyridine rings is 1. The molecule has 0 spiro atoms. The zero-order valence-electron chi connectivity index (χ0n) is 15.9. The Morgan fingerprint density at radius 1 is 1.11 bits per heavy atom. The molecule has 1 saturated heterocycles. The van der Waals surface area contributed by atoms with Gasteiger partial charge in [-0.3, -0.25) is 9.88 Å². The molecule has 0 saturated carbocycles. The molecular weight excluding hydrogens is 340 g/mol. The van der Waals surface area contributed by atoms with E-state index in [0.29, 0.717) is 6.61 Å². The highest BCUT2D eigenvalue weighted by Crippen LogP contribution is 2.14. The number of urea groups is 1. The van der Waals surface area contributed by atoms with Crippen LogP contribution in [0.1, 0.15) is 25.1 Å². The van der Waals surface area contributed by atoms with E-state index < -0.39 is 0 Å². The first-order valence-corrected chi connectivity index (χ1v) is 9.63. The highest BCUT2D eigenvalue weighted by molar-refractivity contribution is 5.74. The summed E-state index contributed by atoms with van der Waals surface area (Å²) >= 11 is 0. The van der Waals surface area contributed by atoms with Crippen LogP contribution < -0.4 is 10.1 Å². The first-order valence-electron chi connectivity index (χ1n) is 9.63. The number of nitrogens with zero attached hydrogens (tertiary/aromatic N) is 3. The third kappa shape index (κ3) is 5.69. The standard InChI is InChI=1S/C21H28N4O2/c1-2-19(20-10-6-7-11-22-20)23-21(26)25-14-12-24(13-15-25)16-17-27-18-8-4-3-5-9-18/h3-11,19H,2,12-17H2,1H3,(H,23,26)/t19-/m1/s1. The monoisotopic (exact) mass is 368 g/mol. The number of benzene rings is 1. The fourth-order valence-electron chi connectivity index (χ4n) is 3.19. The van der Waals surface area contributed by atoms with Crippen molar-refractivity contribution in [1.82, 2.24) is 20.1 Å². The van der Waals surface area contributed by atoms with E-state index in [1.165, 1.54) is 0 Å². The van der Waals surface area contributed by atoms with Crippen LogP contribution in [0.15, 0.2) is 54.7 Å². The van der Waals surface area contributed by atoms with Crippen molar-refractivity contribution in [2.75, 3.05) is 39.3 Å². The quantitative estimate of drug-likeness (QED) is 0.816. The van der Waals surface area contributed by atoms with E-state index in [9.17, 15) is 4.79 Å². The number of carbonyl (C=O) groups excluding carboxylic acids is 1. The lowest BCUT2D eigenvalue weighted by Gasteiger charge is -2.35. The summed E-state index contributed by atoms with van der Waals surface area (Å²) in [5.74, 6) is 0.899. The van der Waals surface area contributed by atoms with Gasteiger partial charge >= 0.3 is 6.03 Å². The normalized spacial score (nSPS) is 16.0. The third-order valence-electron chi connectivity index (χ3n) is 4.83. The number of para-hydroxylation sites is 1. The van der Waals surface area contributed by atoms with Crippen molar-refractivity contribution in [3.8, 4) is 5.75 Å². The van der Waals surface area contributed by atoms with Gasteiger partial charge < -0.3 is 15.0 Å². The summed E-state index contributed by atoms with van der Waals surface area (Å²) in [5.41, 5.74) is 0.907. The molecule has 3 rings (SSSR count). The van der Waals surface area contributed by atoms with Gasteiger partial charge in [0.05, 0.1) is 11.7 Å². The predicted octanol–water partition coefficient (Wildman–Crippen LogP) is 2.94. The molecule has 1 N–H and O–H groups in total. The molecule has 2 amide bonds. The minimum Gasteiger partial charge on any atom is -0.492 e. The molecule has 6 heteroatoms. The van der Waals surface area contributed by atoms with Crippen LogP contribution in [0.3, 0.4) is 0 Å². The van der Waals surface area contributed by atoms with Crippen LogP contribution in [0.25, 0.3) is 0 Å². The SMILES string of the molecule is CC[C@@H](NC(=O)N1CCN(CCOc2ccccc2)CC1)c1ccccn1. The number of carbonyl (C=O) groups is 1. The fourth-order valence-corrected chi connectivity index (χ4v) is 3.19. The van der Waals surface area contributed by atoms with E-state index in [2.05, 4.69) is 22.1 Å². The molecule has 0 bridgehead atoms. The molecule has 1 fully saturated rings. The van der Waals surface area contributed by atoms with Gasteiger partial charge in [0.1, 0.15) is 12.4 Å². The van der Waals surface area contributed by atoms with E-state index in [4.69, 9.17) is 4.74 Å². The summed E-state index contributed by atoms with van der Waals surface area (Å²) in [7, 11) is 0. The van der Waals surface area contributed by atoms with Crippen LogP contribution >= 0.6 is 0 Å². The minimum absolute atomic E-state index is 0.00677. The second-order valence-electron chi connectivity index (χ2n) is 6.66. The molecule has 1 atom stereocenters. The highest BCUT2D eigenvalue weighted by atomic mass is 16.5. The Hall–Kier alpha value is -2.60. The molecule has 0 aliphatic carbocycles. The van der Waals surface area contributed by atoms with Gasteiger partial charge in [0.25, 0.3) is 0 Å². The maximum atomic E-state index is 12.6. The summed E-state index contributed by atoms with van der Waals surface area (Å²) in [5, 5.41) is 3.11. The van der Waals surface area contributed by atoms with Gasteiger partial charge in [-0.25, -0.2) is 4.79 Å². The predicted molar refractivity (Wildman–Crippen MR) is 106 cm³/mol. The number of piperazine rings is 1. The van der Waals surface area contributed by atoms with Crippen LogP contribution in [0.2, 0.25) is 0 Å². The van der Waals surface area contributed by atoms with Gasteiger partial charge in [-0.2, -0.15) is 0 Å². The molecule has 2 aromatic rings. The lowest BCUT2D eigenvalue weighted by molar-refractivity contribution is 0.124. The summed E-state index contributed by atoms with van der Waals surface area (Å²) in [6, 6.07) is 15.6. The number of nitrogens with one attached hydrogen (secondary N) is 1. The topological polar surface area (TPSA) is 57.7 Å². The largest absolute Gasteiger partial charge is 0.492 e. The number of hydrogen-bond donors (Lipinski definition) is 1. The van der Waals surface area contributed by atoms with E-state index in [0.717, 1.165) is 50.6 Å². The Bertz CT molecular complexity index is 688. The maximum Gasteiger partial charge on any atom is 0.318 e. The summed E-state index contributed by atoms with van der Waals surface area (Å²) in [6.07, 6.45) is 2.58. The molecule has 1 aromatic carbocycles. The number of hydrogen-bond acceptors (Lipinski definition) is 4. The fraction of sp³-hybridized carbons (Fsp3) is 0.429. The molecule has 2 heterocycles. The number of aromatic nitrogens is 1. The lowest BCUT2D eigenvalue weighted by Crippen LogP contribution is -2.52. The van der Waals surface area contributed by atoms with E-state index in [1.807, 2.05) is 53.4 Å². The van der Waals surface area contributed by atoms with Crippen LogP contribution in [0.4, 0.5) is 4.79 Å². The average Bonchev–Trinajstić information content (AvgIpc) is 2.74. The maximum absolute atomic E-state index is 12.6. The summed E-state index contributed by atoms with van der Waals surface area (Å²) < 4.78 is 5.76. The van der Waals surface area contributed by atoms with E-state index in [1.54, 1.807) is 6.20 Å². The molecule has 6 nitrogen and oxygen atoms in total. The first kappa shape index (κ1) is 19.2. The summed E-state index contributed by atoms with van der Waals surface area (Å²) in [4.78, 5) is 21.2. The third-order valence-corrected chi connectivity index (χ3v) is 4.83. The van der Waals surface area contributed by atoms with Gasteiger partial charge in [-0.15, -0.1) is 0 Å². The van der Waals surface area contributed by atoms with E-state index in [-0.39, 0.29) is 12.1 Å². The zero-order chi connectivity index (χ0) is 18.9. The van der Waals surface area contributed by atoms with Crippen molar-refractivity contribution in [2.24, 2.45) is 0 Å². The smallest absolute Gasteiger partial charge is 0.318 e. The van der Waals surface area contributed by atoms with Crippen molar-refractivity contribution in [3.63, 3.8) is 0 Å². The molecular formula is C21H28N4O2. The Morgan fingerprint density at radius 2 is 1.85 bits per heavy atom. The average molecular weight is 368 g/mol. The van der Waals surface area contributed by atoms with Gasteiger partial charge in [-0.1, -0.05) is 31.2 Å². The molecule has 144 valence electrons. The summed E-state index contributed by atoms with van der Waals surface area (Å²) in [6.45, 7) is 6.79. The van der Waals surface area contributed by atoms with Crippen LogP contribution in [-0.4, -0.2) is 60.1 Å². The zero-order valence-corrected chi connectivity index (χ0v) is 15.9. The molecule has 1 aliphatic rings. The molecule has 0 unspecified atom stereocenters. The second kappa shape index (κ2) is 9.92. The number of ether oxygens (including phenoxy) is 1. The minimum atomic E-state index is -0.0454. The first-order chi connectivity index (χ1) is 13.3.